The molecule has 1 N–H and O–H groups in total. The third-order valence-corrected chi connectivity index (χ3v) is 3.61. The molecule has 0 spiro atoms. The van der Waals surface area contributed by atoms with Crippen LogP contribution >= 0.6 is 0 Å². The van der Waals surface area contributed by atoms with Gasteiger partial charge in [-0.15, -0.1) is 0 Å². The highest BCUT2D eigenvalue weighted by atomic mass is 19.1. The quantitative estimate of drug-likeness (QED) is 0.873. The van der Waals surface area contributed by atoms with Gasteiger partial charge in [0.05, 0.1) is 17.7 Å². The van der Waals surface area contributed by atoms with Crippen LogP contribution in [0.5, 0.6) is 0 Å². The Hall–Kier alpha value is -2.34. The number of halogens is 1. The Labute approximate surface area is 125 Å². The van der Waals surface area contributed by atoms with Crippen molar-refractivity contribution in [3.63, 3.8) is 0 Å². The van der Waals surface area contributed by atoms with Crippen LogP contribution < -0.4 is 5.32 Å². The lowest BCUT2D eigenvalue weighted by Crippen LogP contribution is -2.17. The van der Waals surface area contributed by atoms with Crippen molar-refractivity contribution in [2.24, 2.45) is 5.92 Å². The Balaban J connectivity index is 2.39. The second-order valence-electron chi connectivity index (χ2n) is 5.52. The monoisotopic (exact) mass is 282 g/mol. The SMILES string of the molecule is Cc1c(F)cc(C#N)cc1NC(c1ccccc1)C(C)C. The molecule has 0 saturated heterocycles. The van der Waals surface area contributed by atoms with Gasteiger partial charge in [-0.05, 0) is 30.5 Å². The molecule has 21 heavy (non-hydrogen) atoms. The normalized spacial score (nSPS) is 12.0. The van der Waals surface area contributed by atoms with Crippen molar-refractivity contribution < 1.29 is 4.39 Å². The molecule has 0 aliphatic heterocycles. The number of nitrogens with one attached hydrogen (secondary N) is 1. The molecule has 0 amide bonds. The first-order valence-corrected chi connectivity index (χ1v) is 7.04. The molecule has 3 heteroatoms. The van der Waals surface area contributed by atoms with Crippen molar-refractivity contribution in [2.45, 2.75) is 26.8 Å². The van der Waals surface area contributed by atoms with Crippen LogP contribution in [0.15, 0.2) is 42.5 Å². The predicted octanol–water partition coefficient (Wildman–Crippen LogP) is 4.82. The molecule has 108 valence electrons. The van der Waals surface area contributed by atoms with E-state index < -0.39 is 0 Å². The minimum absolute atomic E-state index is 0.0678. The van der Waals surface area contributed by atoms with Crippen molar-refractivity contribution >= 4 is 5.69 Å². The summed E-state index contributed by atoms with van der Waals surface area (Å²) in [7, 11) is 0. The summed E-state index contributed by atoms with van der Waals surface area (Å²) < 4.78 is 13.9. The molecule has 2 nitrogen and oxygen atoms in total. The Morgan fingerprint density at radius 2 is 1.81 bits per heavy atom. The number of benzene rings is 2. The van der Waals surface area contributed by atoms with Crippen LogP contribution in [0.3, 0.4) is 0 Å². The molecule has 2 aromatic rings. The number of anilines is 1. The number of rotatable bonds is 4. The summed E-state index contributed by atoms with van der Waals surface area (Å²) in [6, 6.07) is 15.1. The van der Waals surface area contributed by atoms with Gasteiger partial charge in [0.25, 0.3) is 0 Å². The summed E-state index contributed by atoms with van der Waals surface area (Å²) in [6.07, 6.45) is 0. The second-order valence-corrected chi connectivity index (χ2v) is 5.52. The molecule has 1 unspecified atom stereocenters. The van der Waals surface area contributed by atoms with Crippen LogP contribution in [0.25, 0.3) is 0 Å². The lowest BCUT2D eigenvalue weighted by Gasteiger charge is -2.25. The summed E-state index contributed by atoms with van der Waals surface area (Å²) in [5, 5.41) is 12.4. The molecule has 2 rings (SSSR count). The fourth-order valence-corrected chi connectivity index (χ4v) is 2.36. The van der Waals surface area contributed by atoms with Crippen molar-refractivity contribution in [3.05, 3.63) is 65.0 Å². The van der Waals surface area contributed by atoms with Gasteiger partial charge in [-0.25, -0.2) is 4.39 Å². The largest absolute Gasteiger partial charge is 0.378 e. The number of hydrogen-bond donors (Lipinski definition) is 1. The summed E-state index contributed by atoms with van der Waals surface area (Å²) in [6.45, 7) is 5.95. The molecule has 0 saturated carbocycles. The minimum atomic E-state index is -0.355. The van der Waals surface area contributed by atoms with Gasteiger partial charge < -0.3 is 5.32 Å². The highest BCUT2D eigenvalue weighted by molar-refractivity contribution is 5.57. The molecular weight excluding hydrogens is 263 g/mol. The van der Waals surface area contributed by atoms with E-state index in [1.165, 1.54) is 6.07 Å². The van der Waals surface area contributed by atoms with Crippen molar-refractivity contribution in [1.29, 1.82) is 5.26 Å². The van der Waals surface area contributed by atoms with Gasteiger partial charge in [-0.2, -0.15) is 5.26 Å². The average molecular weight is 282 g/mol. The molecular formula is C18H19FN2. The standard InChI is InChI=1S/C18H19FN2/c1-12(2)18(15-7-5-4-6-8-15)21-17-10-14(11-20)9-16(19)13(17)3/h4-10,12,18,21H,1-3H3. The highest BCUT2D eigenvalue weighted by Gasteiger charge is 2.17. The zero-order valence-electron chi connectivity index (χ0n) is 12.5. The Morgan fingerprint density at radius 3 is 2.38 bits per heavy atom. The van der Waals surface area contributed by atoms with E-state index in [-0.39, 0.29) is 11.9 Å². The maximum atomic E-state index is 13.9. The van der Waals surface area contributed by atoms with Gasteiger partial charge >= 0.3 is 0 Å². The maximum Gasteiger partial charge on any atom is 0.129 e. The summed E-state index contributed by atoms with van der Waals surface area (Å²) in [5.41, 5.74) is 2.69. The van der Waals surface area contributed by atoms with Crippen LogP contribution in [-0.2, 0) is 0 Å². The molecule has 0 radical (unpaired) electrons. The van der Waals surface area contributed by atoms with Crippen LogP contribution in [0, 0.1) is 30.0 Å². The van der Waals surface area contributed by atoms with Gasteiger partial charge in [0.15, 0.2) is 0 Å². The fourth-order valence-electron chi connectivity index (χ4n) is 2.36. The first kappa shape index (κ1) is 15.1. The van der Waals surface area contributed by atoms with E-state index in [0.29, 0.717) is 22.7 Å². The zero-order valence-corrected chi connectivity index (χ0v) is 12.5. The van der Waals surface area contributed by atoms with Crippen LogP contribution in [0.4, 0.5) is 10.1 Å². The third kappa shape index (κ3) is 3.41. The van der Waals surface area contributed by atoms with Gasteiger partial charge in [0.2, 0.25) is 0 Å². The van der Waals surface area contributed by atoms with Crippen LogP contribution in [0.1, 0.15) is 36.6 Å². The van der Waals surface area contributed by atoms with Crippen molar-refractivity contribution in [2.75, 3.05) is 5.32 Å². The Kier molecular flexibility index (Phi) is 4.59. The fraction of sp³-hybridized carbons (Fsp3) is 0.278. The average Bonchev–Trinajstić information content (AvgIpc) is 2.49. The maximum absolute atomic E-state index is 13.9. The lowest BCUT2D eigenvalue weighted by molar-refractivity contribution is 0.545. The van der Waals surface area contributed by atoms with Gasteiger partial charge in [0, 0.05) is 11.3 Å². The molecule has 2 aromatic carbocycles. The predicted molar refractivity (Wildman–Crippen MR) is 83.5 cm³/mol. The van der Waals surface area contributed by atoms with Gasteiger partial charge in [0.1, 0.15) is 5.82 Å². The van der Waals surface area contributed by atoms with Gasteiger partial charge in [-0.3, -0.25) is 0 Å². The van der Waals surface area contributed by atoms with E-state index in [1.807, 2.05) is 24.3 Å². The van der Waals surface area contributed by atoms with E-state index in [0.717, 1.165) is 5.56 Å². The molecule has 0 bridgehead atoms. The van der Waals surface area contributed by atoms with E-state index in [2.05, 4.69) is 31.3 Å². The van der Waals surface area contributed by atoms with Crippen molar-refractivity contribution in [1.82, 2.24) is 0 Å². The summed E-state index contributed by atoms with van der Waals surface area (Å²) in [5.74, 6) is -0.0206. The molecule has 0 aromatic heterocycles. The van der Waals surface area contributed by atoms with E-state index >= 15 is 0 Å². The summed E-state index contributed by atoms with van der Waals surface area (Å²) in [4.78, 5) is 0. The third-order valence-electron chi connectivity index (χ3n) is 3.61. The second kappa shape index (κ2) is 6.41. The molecule has 0 aliphatic rings. The Bertz CT molecular complexity index is 657. The molecule has 0 fully saturated rings. The molecule has 1 atom stereocenters. The number of nitriles is 1. The van der Waals surface area contributed by atoms with E-state index in [1.54, 1.807) is 13.0 Å². The van der Waals surface area contributed by atoms with Crippen LogP contribution in [0.2, 0.25) is 0 Å². The topological polar surface area (TPSA) is 35.8 Å². The first-order chi connectivity index (χ1) is 10.0. The zero-order chi connectivity index (χ0) is 15.4. The van der Waals surface area contributed by atoms with Crippen LogP contribution in [-0.4, -0.2) is 0 Å². The summed E-state index contributed by atoms with van der Waals surface area (Å²) >= 11 is 0. The first-order valence-electron chi connectivity index (χ1n) is 7.04. The smallest absolute Gasteiger partial charge is 0.129 e. The minimum Gasteiger partial charge on any atom is -0.378 e. The van der Waals surface area contributed by atoms with Crippen molar-refractivity contribution in [3.8, 4) is 6.07 Å². The number of hydrogen-bond acceptors (Lipinski definition) is 2. The van der Waals surface area contributed by atoms with Gasteiger partial charge in [-0.1, -0.05) is 44.2 Å². The van der Waals surface area contributed by atoms with E-state index in [4.69, 9.17) is 5.26 Å². The Morgan fingerprint density at radius 1 is 1.14 bits per heavy atom. The van der Waals surface area contributed by atoms with E-state index in [9.17, 15) is 4.39 Å². The highest BCUT2D eigenvalue weighted by Crippen LogP contribution is 2.29. The molecule has 0 heterocycles. The number of nitrogens with zero attached hydrogens (tertiary/aromatic N) is 1. The molecule has 0 aliphatic carbocycles. The lowest BCUT2D eigenvalue weighted by atomic mass is 9.95.